The highest BCUT2D eigenvalue weighted by molar-refractivity contribution is 5.77. The minimum absolute atomic E-state index is 0.107. The van der Waals surface area contributed by atoms with Crippen molar-refractivity contribution in [3.05, 3.63) is 0 Å². The van der Waals surface area contributed by atoms with E-state index in [0.29, 0.717) is 24.5 Å². The topological polar surface area (TPSA) is 58.4 Å². The lowest BCUT2D eigenvalue weighted by atomic mass is 9.82. The fraction of sp³-hybridized carbons (Fsp3) is 0.929. The molecule has 0 aliphatic carbocycles. The van der Waals surface area contributed by atoms with Gasteiger partial charge in [-0.1, -0.05) is 6.42 Å². The van der Waals surface area contributed by atoms with Crippen LogP contribution in [0.25, 0.3) is 0 Å². The fourth-order valence-corrected chi connectivity index (χ4v) is 3.43. The van der Waals surface area contributed by atoms with Gasteiger partial charge in [-0.05, 0) is 46.6 Å². The molecule has 0 spiro atoms. The first-order chi connectivity index (χ1) is 8.35. The summed E-state index contributed by atoms with van der Waals surface area (Å²) in [6.45, 7) is 3.80. The number of piperidine rings is 2. The number of hydrogen-bond acceptors (Lipinski definition) is 3. The van der Waals surface area contributed by atoms with E-state index in [1.807, 2.05) is 13.8 Å². The van der Waals surface area contributed by atoms with Crippen LogP contribution in [-0.2, 0) is 4.79 Å². The lowest BCUT2D eigenvalue weighted by Gasteiger charge is -2.47. The summed E-state index contributed by atoms with van der Waals surface area (Å²) in [4.78, 5) is 14.4. The Morgan fingerprint density at radius 2 is 1.89 bits per heavy atom. The Morgan fingerprint density at radius 3 is 2.39 bits per heavy atom. The van der Waals surface area contributed by atoms with Gasteiger partial charge >= 0.3 is 0 Å². The standard InChI is InChI=1S/C14H27N3O/c1-14(2,15)9-13(18)16-10-7-11-5-4-6-12(8-10)17(11)3/h10-12H,4-9,15H2,1-3H3,(H,16,18). The second-order valence-corrected chi connectivity index (χ2v) is 6.81. The molecule has 2 atom stereocenters. The van der Waals surface area contributed by atoms with Gasteiger partial charge < -0.3 is 16.0 Å². The van der Waals surface area contributed by atoms with E-state index in [2.05, 4.69) is 17.3 Å². The van der Waals surface area contributed by atoms with Gasteiger partial charge in [-0.25, -0.2) is 0 Å². The van der Waals surface area contributed by atoms with Crippen molar-refractivity contribution < 1.29 is 4.79 Å². The Labute approximate surface area is 110 Å². The van der Waals surface area contributed by atoms with Gasteiger partial charge in [0.25, 0.3) is 0 Å². The number of rotatable bonds is 3. The van der Waals surface area contributed by atoms with E-state index in [1.54, 1.807) is 0 Å². The second kappa shape index (κ2) is 5.17. The summed E-state index contributed by atoms with van der Waals surface area (Å²) >= 11 is 0. The zero-order chi connectivity index (χ0) is 13.3. The predicted molar refractivity (Wildman–Crippen MR) is 73.2 cm³/mol. The largest absolute Gasteiger partial charge is 0.353 e. The number of amides is 1. The smallest absolute Gasteiger partial charge is 0.222 e. The zero-order valence-corrected chi connectivity index (χ0v) is 11.9. The van der Waals surface area contributed by atoms with Gasteiger partial charge in [-0.3, -0.25) is 4.79 Å². The molecular weight excluding hydrogens is 226 g/mol. The van der Waals surface area contributed by atoms with Crippen molar-refractivity contribution in [1.29, 1.82) is 0 Å². The van der Waals surface area contributed by atoms with E-state index in [0.717, 1.165) is 12.8 Å². The Hall–Kier alpha value is -0.610. The van der Waals surface area contributed by atoms with Gasteiger partial charge in [-0.2, -0.15) is 0 Å². The molecule has 0 aromatic rings. The fourth-order valence-electron chi connectivity index (χ4n) is 3.43. The van der Waals surface area contributed by atoms with E-state index in [-0.39, 0.29) is 5.91 Å². The summed E-state index contributed by atoms with van der Waals surface area (Å²) in [6.07, 6.45) is 6.52. The summed E-state index contributed by atoms with van der Waals surface area (Å²) in [6, 6.07) is 1.67. The molecule has 2 fully saturated rings. The van der Waals surface area contributed by atoms with Crippen molar-refractivity contribution in [3.8, 4) is 0 Å². The SMILES string of the molecule is CN1C2CCCC1CC(NC(=O)CC(C)(C)N)C2. The van der Waals surface area contributed by atoms with Gasteiger partial charge in [0.05, 0.1) is 0 Å². The van der Waals surface area contributed by atoms with Crippen molar-refractivity contribution in [1.82, 2.24) is 10.2 Å². The van der Waals surface area contributed by atoms with Gasteiger partial charge in [0.15, 0.2) is 0 Å². The molecule has 2 aliphatic heterocycles. The number of nitrogens with one attached hydrogen (secondary N) is 1. The van der Waals surface area contributed by atoms with Crippen molar-refractivity contribution in [2.45, 2.75) is 76.0 Å². The van der Waals surface area contributed by atoms with Crippen molar-refractivity contribution in [2.24, 2.45) is 5.73 Å². The third-order valence-corrected chi connectivity index (χ3v) is 4.32. The van der Waals surface area contributed by atoms with Crippen LogP contribution in [0.3, 0.4) is 0 Å². The molecule has 3 N–H and O–H groups in total. The Balaban J connectivity index is 1.86. The number of hydrogen-bond donors (Lipinski definition) is 2. The Bertz CT molecular complexity index is 297. The number of fused-ring (bicyclic) bond motifs is 2. The molecule has 1 amide bonds. The number of nitrogens with two attached hydrogens (primary N) is 1. The number of carbonyl (C=O) groups excluding carboxylic acids is 1. The van der Waals surface area contributed by atoms with Crippen LogP contribution in [0, 0.1) is 0 Å². The van der Waals surface area contributed by atoms with Crippen LogP contribution in [0.4, 0.5) is 0 Å². The van der Waals surface area contributed by atoms with Crippen molar-refractivity contribution in [2.75, 3.05) is 7.05 Å². The van der Waals surface area contributed by atoms with Crippen molar-refractivity contribution in [3.63, 3.8) is 0 Å². The molecule has 4 nitrogen and oxygen atoms in total. The van der Waals surface area contributed by atoms with Crippen LogP contribution in [0.1, 0.15) is 52.4 Å². The maximum atomic E-state index is 11.9. The summed E-state index contributed by atoms with van der Waals surface area (Å²) in [7, 11) is 2.23. The minimum atomic E-state index is -0.411. The molecule has 2 unspecified atom stereocenters. The number of carbonyl (C=O) groups is 1. The zero-order valence-electron chi connectivity index (χ0n) is 11.9. The molecule has 2 bridgehead atoms. The van der Waals surface area contributed by atoms with E-state index >= 15 is 0 Å². The Morgan fingerprint density at radius 1 is 1.33 bits per heavy atom. The molecule has 104 valence electrons. The van der Waals surface area contributed by atoms with Crippen LogP contribution in [0.15, 0.2) is 0 Å². The third-order valence-electron chi connectivity index (χ3n) is 4.32. The Kier molecular flexibility index (Phi) is 3.97. The van der Waals surface area contributed by atoms with Gasteiger partial charge in [0.2, 0.25) is 5.91 Å². The highest BCUT2D eigenvalue weighted by atomic mass is 16.1. The molecule has 2 rings (SSSR count). The maximum Gasteiger partial charge on any atom is 0.222 e. The molecule has 0 aromatic carbocycles. The normalized spacial score (nSPS) is 33.2. The summed E-state index contributed by atoms with van der Waals surface area (Å²) in [5.41, 5.74) is 5.48. The maximum absolute atomic E-state index is 11.9. The number of nitrogens with zero attached hydrogens (tertiary/aromatic N) is 1. The second-order valence-electron chi connectivity index (χ2n) is 6.81. The summed E-state index contributed by atoms with van der Waals surface area (Å²) in [5.74, 6) is 0.107. The molecular formula is C14H27N3O. The van der Waals surface area contributed by atoms with Gasteiger partial charge in [-0.15, -0.1) is 0 Å². The van der Waals surface area contributed by atoms with Crippen LogP contribution in [0.5, 0.6) is 0 Å². The first-order valence-electron chi connectivity index (χ1n) is 7.15. The average molecular weight is 253 g/mol. The van der Waals surface area contributed by atoms with E-state index in [4.69, 9.17) is 5.73 Å². The lowest BCUT2D eigenvalue weighted by molar-refractivity contribution is -0.123. The van der Waals surface area contributed by atoms with E-state index in [9.17, 15) is 4.79 Å². The van der Waals surface area contributed by atoms with E-state index in [1.165, 1.54) is 19.3 Å². The lowest BCUT2D eigenvalue weighted by Crippen LogP contribution is -2.55. The predicted octanol–water partition coefficient (Wildman–Crippen LogP) is 1.25. The molecule has 0 saturated carbocycles. The van der Waals surface area contributed by atoms with Crippen LogP contribution < -0.4 is 11.1 Å². The van der Waals surface area contributed by atoms with Crippen LogP contribution >= 0.6 is 0 Å². The van der Waals surface area contributed by atoms with Crippen LogP contribution in [-0.4, -0.2) is 41.5 Å². The molecule has 0 aromatic heterocycles. The molecule has 4 heteroatoms. The highest BCUT2D eigenvalue weighted by Crippen LogP contribution is 2.32. The van der Waals surface area contributed by atoms with Crippen LogP contribution in [0.2, 0.25) is 0 Å². The first-order valence-corrected chi connectivity index (χ1v) is 7.15. The molecule has 0 radical (unpaired) electrons. The molecule has 2 saturated heterocycles. The quantitative estimate of drug-likeness (QED) is 0.796. The van der Waals surface area contributed by atoms with E-state index < -0.39 is 5.54 Å². The first kappa shape index (κ1) is 13.8. The average Bonchev–Trinajstić information content (AvgIpc) is 2.16. The molecule has 2 heterocycles. The van der Waals surface area contributed by atoms with Gasteiger partial charge in [0, 0.05) is 30.1 Å². The van der Waals surface area contributed by atoms with Crippen molar-refractivity contribution >= 4 is 5.91 Å². The monoisotopic (exact) mass is 253 g/mol. The summed E-state index contributed by atoms with van der Waals surface area (Å²) < 4.78 is 0. The summed E-state index contributed by atoms with van der Waals surface area (Å²) in [5, 5.41) is 3.18. The van der Waals surface area contributed by atoms with Gasteiger partial charge in [0.1, 0.15) is 0 Å². The molecule has 2 aliphatic rings. The molecule has 18 heavy (non-hydrogen) atoms. The third kappa shape index (κ3) is 3.45. The highest BCUT2D eigenvalue weighted by Gasteiger charge is 2.36. The minimum Gasteiger partial charge on any atom is -0.353 e.